The van der Waals surface area contributed by atoms with Crippen LogP contribution >= 0.6 is 0 Å². The smallest absolute Gasteiger partial charge is 0.242 e. The Morgan fingerprint density at radius 3 is 1.54 bits per heavy atom. The lowest BCUT2D eigenvalue weighted by molar-refractivity contribution is 0.331. The highest BCUT2D eigenvalue weighted by molar-refractivity contribution is 6.97. The van der Waals surface area contributed by atoms with Crippen LogP contribution in [0.15, 0.2) is 164 Å². The molecule has 0 radical (unpaired) electrons. The Morgan fingerprint density at radius 1 is 0.439 bits per heavy atom. The second kappa shape index (κ2) is 19.6. The van der Waals surface area contributed by atoms with Gasteiger partial charge in [0.15, 0.2) is 0 Å². The van der Waals surface area contributed by atoms with Crippen LogP contribution in [-0.2, 0) is 44.3 Å². The molecule has 2 atom stereocenters. The van der Waals surface area contributed by atoms with Crippen molar-refractivity contribution >= 4 is 40.2 Å². The maximum atomic E-state index is 2.78. The maximum Gasteiger partial charge on any atom is 0.242 e. The van der Waals surface area contributed by atoms with Crippen molar-refractivity contribution in [3.8, 4) is 0 Å². The molecule has 1 nitrogen and oxygen atoms in total. The molecule has 0 spiro atoms. The molecule has 420 valence electrons. The molecule has 8 aromatic carbocycles. The van der Waals surface area contributed by atoms with Crippen LogP contribution in [0, 0.1) is 13.8 Å². The molecule has 0 bridgehead atoms. The van der Waals surface area contributed by atoms with Gasteiger partial charge in [0.1, 0.15) is 0 Å². The number of fused-ring (bicyclic) bond motifs is 5. The van der Waals surface area contributed by atoms with Crippen LogP contribution in [0.25, 0.3) is 0 Å². The van der Waals surface area contributed by atoms with E-state index in [4.69, 9.17) is 0 Å². The molecular formula is C80H92BN. The fourth-order valence-corrected chi connectivity index (χ4v) is 16.7. The molecule has 0 saturated heterocycles. The summed E-state index contributed by atoms with van der Waals surface area (Å²) >= 11 is 0. The van der Waals surface area contributed by atoms with Crippen LogP contribution in [-0.4, -0.2) is 6.71 Å². The highest BCUT2D eigenvalue weighted by Gasteiger charge is 2.47. The number of aryl methyl sites for hydroxylation is 2. The maximum absolute atomic E-state index is 2.78. The first-order valence-corrected chi connectivity index (χ1v) is 31.3. The molecular weight excluding hydrogens is 986 g/mol. The Balaban J connectivity index is 1.17. The van der Waals surface area contributed by atoms with Gasteiger partial charge in [-0.3, -0.25) is 0 Å². The highest BCUT2D eigenvalue weighted by atomic mass is 15.1. The van der Waals surface area contributed by atoms with Crippen molar-refractivity contribution in [3.05, 3.63) is 247 Å². The van der Waals surface area contributed by atoms with Crippen molar-refractivity contribution in [1.29, 1.82) is 0 Å². The largest absolute Gasteiger partial charge is 0.310 e. The number of nitrogens with zero attached hydrogens (tertiary/aromatic N) is 1. The fraction of sp³-hybridized carbons (Fsp3) is 0.400. The van der Waals surface area contributed by atoms with Crippen LogP contribution < -0.4 is 21.3 Å². The van der Waals surface area contributed by atoms with E-state index >= 15 is 0 Å². The van der Waals surface area contributed by atoms with Crippen molar-refractivity contribution in [2.24, 2.45) is 0 Å². The van der Waals surface area contributed by atoms with E-state index in [0.29, 0.717) is 0 Å². The van der Waals surface area contributed by atoms with E-state index in [0.717, 1.165) is 12.8 Å². The Bertz CT molecular complexity index is 3730. The molecule has 2 unspecified atom stereocenters. The number of rotatable bonds is 10. The number of hydrogen-bond acceptors (Lipinski definition) is 1. The molecule has 82 heavy (non-hydrogen) atoms. The summed E-state index contributed by atoms with van der Waals surface area (Å²) < 4.78 is 0. The summed E-state index contributed by atoms with van der Waals surface area (Å²) in [4.78, 5) is 2.50. The Hall–Kier alpha value is -6.38. The first kappa shape index (κ1) is 56.1. The molecule has 0 N–H and O–H groups in total. The van der Waals surface area contributed by atoms with Gasteiger partial charge in [-0.05, 0) is 199 Å². The van der Waals surface area contributed by atoms with E-state index in [1.807, 2.05) is 0 Å². The molecule has 4 aliphatic rings. The summed E-state index contributed by atoms with van der Waals surface area (Å²) in [6, 6.07) is 64.8. The van der Waals surface area contributed by atoms with Crippen LogP contribution in [0.4, 0.5) is 17.1 Å². The number of hydrogen-bond donors (Lipinski definition) is 0. The van der Waals surface area contributed by atoms with Crippen molar-refractivity contribution in [1.82, 2.24) is 0 Å². The van der Waals surface area contributed by atoms with Gasteiger partial charge in [-0.1, -0.05) is 253 Å². The molecule has 0 saturated carbocycles. The molecule has 3 aliphatic carbocycles. The van der Waals surface area contributed by atoms with E-state index in [-0.39, 0.29) is 56.5 Å². The highest BCUT2D eigenvalue weighted by Crippen LogP contribution is 2.53. The van der Waals surface area contributed by atoms with Gasteiger partial charge in [0.25, 0.3) is 0 Å². The van der Waals surface area contributed by atoms with E-state index in [9.17, 15) is 0 Å². The van der Waals surface area contributed by atoms with Gasteiger partial charge in [0, 0.05) is 34.3 Å². The minimum absolute atomic E-state index is 0.0111. The number of benzene rings is 8. The summed E-state index contributed by atoms with van der Waals surface area (Å²) in [6.45, 7) is 42.1. The molecule has 1 aliphatic heterocycles. The van der Waals surface area contributed by atoms with Gasteiger partial charge < -0.3 is 4.90 Å². The average molecular weight is 1080 g/mol. The third-order valence-corrected chi connectivity index (χ3v) is 21.8. The average Bonchev–Trinajstić information content (AvgIpc) is 2.94. The number of anilines is 3. The molecule has 0 fully saturated rings. The van der Waals surface area contributed by atoms with E-state index in [2.05, 4.69) is 286 Å². The van der Waals surface area contributed by atoms with Gasteiger partial charge in [-0.15, -0.1) is 0 Å². The Kier molecular flexibility index (Phi) is 13.4. The lowest BCUT2D eigenvalue weighted by Gasteiger charge is -2.45. The summed E-state index contributed by atoms with van der Waals surface area (Å²) in [5, 5.41) is 0. The lowest BCUT2D eigenvalue weighted by atomic mass is 9.30. The van der Waals surface area contributed by atoms with E-state index in [1.165, 1.54) is 131 Å². The summed E-state index contributed by atoms with van der Waals surface area (Å²) in [7, 11) is 0. The SMILES string of the molecule is Cc1cc2c(cc1C(C)c1cc(C(C)(C)c3ccccc3)ccc1B1c3cc4c(cc3C(Cc3ccc5c(c3)C(C)(C)CCC5(C)C)c3cc(N(c5ccccc5)c5ccccc5)cc(C)c31)C(C)(C)CCC4(C)C)C(C)(C)CC2(C)C. The summed E-state index contributed by atoms with van der Waals surface area (Å²) in [6.07, 6.45) is 6.83. The van der Waals surface area contributed by atoms with Crippen molar-refractivity contribution < 1.29 is 0 Å². The monoisotopic (exact) mass is 1080 g/mol. The normalized spacial score (nSPS) is 19.7. The second-order valence-corrected chi connectivity index (χ2v) is 30.7. The van der Waals surface area contributed by atoms with E-state index < -0.39 is 0 Å². The predicted octanol–water partition coefficient (Wildman–Crippen LogP) is 19.1. The number of para-hydroxylation sites is 2. The van der Waals surface area contributed by atoms with Gasteiger partial charge >= 0.3 is 0 Å². The van der Waals surface area contributed by atoms with Gasteiger partial charge in [-0.2, -0.15) is 0 Å². The zero-order valence-electron chi connectivity index (χ0n) is 53.0. The van der Waals surface area contributed by atoms with Gasteiger partial charge in [-0.25, -0.2) is 0 Å². The Labute approximate surface area is 495 Å². The molecule has 0 aromatic heterocycles. The van der Waals surface area contributed by atoms with Crippen molar-refractivity contribution in [3.63, 3.8) is 0 Å². The first-order valence-electron chi connectivity index (χ1n) is 31.3. The van der Waals surface area contributed by atoms with Crippen LogP contribution in [0.5, 0.6) is 0 Å². The third-order valence-electron chi connectivity index (χ3n) is 21.8. The quantitative estimate of drug-likeness (QED) is 0.123. The predicted molar refractivity (Wildman–Crippen MR) is 354 cm³/mol. The topological polar surface area (TPSA) is 3.24 Å². The van der Waals surface area contributed by atoms with Crippen molar-refractivity contribution in [2.45, 2.75) is 206 Å². The molecule has 1 heterocycles. The van der Waals surface area contributed by atoms with Gasteiger partial charge in [0.05, 0.1) is 0 Å². The first-order chi connectivity index (χ1) is 38.6. The Morgan fingerprint density at radius 2 is 0.951 bits per heavy atom. The molecule has 12 rings (SSSR count). The van der Waals surface area contributed by atoms with Crippen LogP contribution in [0.1, 0.15) is 231 Å². The molecule has 0 amide bonds. The van der Waals surface area contributed by atoms with Crippen LogP contribution in [0.2, 0.25) is 0 Å². The summed E-state index contributed by atoms with van der Waals surface area (Å²) in [5.74, 6) is 0.234. The molecule has 8 aromatic rings. The minimum atomic E-state index is -0.225. The third kappa shape index (κ3) is 9.37. The van der Waals surface area contributed by atoms with E-state index in [1.54, 1.807) is 11.1 Å². The van der Waals surface area contributed by atoms with Gasteiger partial charge in [0.2, 0.25) is 6.71 Å². The second-order valence-electron chi connectivity index (χ2n) is 30.7. The zero-order chi connectivity index (χ0) is 58.3. The molecule has 2 heteroatoms. The van der Waals surface area contributed by atoms with Crippen LogP contribution in [0.3, 0.4) is 0 Å². The fourth-order valence-electron chi connectivity index (χ4n) is 16.7. The minimum Gasteiger partial charge on any atom is -0.310 e. The van der Waals surface area contributed by atoms with Crippen molar-refractivity contribution in [2.75, 3.05) is 4.90 Å². The lowest BCUT2D eigenvalue weighted by Crippen LogP contribution is -2.60. The standard InChI is InChI=1S/C80H92BN/c1-51-42-66-69(79(14,15)50-78(66,12)13)47-60(51)53(3)61-45-56(80(16,17)55-27-21-18-22-28-55)34-36-71(61)81-72-49-70-68(76(8,9)39-40-77(70,10)11)48-63(72)62(43-54-33-35-65-67(44-54)75(6,7)38-37-74(65,4)5)64-46-59(41-52(2)73(64)81)82(57-29-23-19-24-30-57)58-31-25-20-26-32-58/h18-36,41-42,44-49,53,62H,37-40,43,50H2,1-17H3. The zero-order valence-corrected chi connectivity index (χ0v) is 53.0. The summed E-state index contributed by atoms with van der Waals surface area (Å²) in [5.41, 5.74) is 30.2.